The van der Waals surface area contributed by atoms with Gasteiger partial charge in [-0.2, -0.15) is 0 Å². The molecule has 0 spiro atoms. The third-order valence-corrected chi connectivity index (χ3v) is 3.01. The molecule has 0 aromatic carbocycles. The highest BCUT2D eigenvalue weighted by Crippen LogP contribution is 2.07. The fraction of sp³-hybridized carbons (Fsp3) is 0.625. The minimum atomic E-state index is -0.177. The first kappa shape index (κ1) is 10.4. The maximum atomic E-state index is 11.0. The minimum Gasteiger partial charge on any atom is -0.466 e. The fourth-order valence-corrected chi connectivity index (χ4v) is 1.59. The van der Waals surface area contributed by atoms with Crippen LogP contribution in [0.5, 0.6) is 0 Å². The molecule has 0 aliphatic carbocycles. The van der Waals surface area contributed by atoms with Gasteiger partial charge in [-0.1, -0.05) is 18.5 Å². The Morgan fingerprint density at radius 3 is 2.45 bits per heavy atom. The number of carbonyl (C=O) groups excluding carboxylic acids is 1. The maximum absolute atomic E-state index is 11.0. The van der Waals surface area contributed by atoms with Gasteiger partial charge >= 0.3 is 5.97 Å². The lowest BCUT2D eigenvalue weighted by atomic mass is 10.2. The molecule has 0 aliphatic heterocycles. The SMILES string of the molecule is CCCC([SiH3])=C(C)C(=O)OC. The normalized spacial score (nSPS) is 12.6. The number of hydrogen-bond donors (Lipinski definition) is 0. The Labute approximate surface area is 71.1 Å². The van der Waals surface area contributed by atoms with Crippen LogP contribution in [0.3, 0.4) is 0 Å². The van der Waals surface area contributed by atoms with Gasteiger partial charge in [0.1, 0.15) is 0 Å². The monoisotopic (exact) mass is 172 g/mol. The van der Waals surface area contributed by atoms with Crippen molar-refractivity contribution in [2.24, 2.45) is 0 Å². The summed E-state index contributed by atoms with van der Waals surface area (Å²) in [5.41, 5.74) is 0.806. The number of rotatable bonds is 3. The molecule has 2 nitrogen and oxygen atoms in total. The lowest BCUT2D eigenvalue weighted by Gasteiger charge is -2.03. The highest BCUT2D eigenvalue weighted by molar-refractivity contribution is 6.24. The van der Waals surface area contributed by atoms with Gasteiger partial charge in [-0.3, -0.25) is 0 Å². The van der Waals surface area contributed by atoms with Crippen molar-refractivity contribution in [3.63, 3.8) is 0 Å². The number of methoxy groups -OCH3 is 1. The van der Waals surface area contributed by atoms with Crippen LogP contribution in [-0.2, 0) is 9.53 Å². The smallest absolute Gasteiger partial charge is 0.332 e. The van der Waals surface area contributed by atoms with Crippen LogP contribution < -0.4 is 0 Å². The summed E-state index contributed by atoms with van der Waals surface area (Å²) in [6, 6.07) is 0. The van der Waals surface area contributed by atoms with Gasteiger partial charge < -0.3 is 4.74 Å². The summed E-state index contributed by atoms with van der Waals surface area (Å²) in [6.45, 7) is 3.95. The molecule has 64 valence electrons. The molecular weight excluding hydrogens is 156 g/mol. The predicted molar refractivity (Wildman–Crippen MR) is 49.6 cm³/mol. The van der Waals surface area contributed by atoms with E-state index in [2.05, 4.69) is 11.7 Å². The molecule has 0 aromatic heterocycles. The van der Waals surface area contributed by atoms with Crippen molar-refractivity contribution in [3.05, 3.63) is 10.8 Å². The molecule has 0 saturated heterocycles. The minimum absolute atomic E-state index is 0.177. The van der Waals surface area contributed by atoms with E-state index < -0.39 is 0 Å². The molecule has 0 rings (SSSR count). The van der Waals surface area contributed by atoms with Gasteiger partial charge in [-0.15, -0.1) is 0 Å². The van der Waals surface area contributed by atoms with E-state index in [4.69, 9.17) is 0 Å². The van der Waals surface area contributed by atoms with Crippen molar-refractivity contribution >= 4 is 16.2 Å². The molecular formula is C8H16O2Si. The lowest BCUT2D eigenvalue weighted by Crippen LogP contribution is -2.05. The lowest BCUT2D eigenvalue weighted by molar-refractivity contribution is -0.136. The van der Waals surface area contributed by atoms with E-state index >= 15 is 0 Å². The van der Waals surface area contributed by atoms with E-state index in [0.29, 0.717) is 0 Å². The zero-order chi connectivity index (χ0) is 8.85. The zero-order valence-electron chi connectivity index (χ0n) is 7.73. The number of ether oxygens (including phenoxy) is 1. The van der Waals surface area contributed by atoms with Crippen LogP contribution >= 0.6 is 0 Å². The Kier molecular flexibility index (Phi) is 4.86. The average molecular weight is 172 g/mol. The second-order valence-corrected chi connectivity index (χ2v) is 3.85. The van der Waals surface area contributed by atoms with Gasteiger partial charge in [0.15, 0.2) is 0 Å². The van der Waals surface area contributed by atoms with E-state index in [1.165, 1.54) is 12.3 Å². The predicted octanol–water partition coefficient (Wildman–Crippen LogP) is 0.599. The van der Waals surface area contributed by atoms with Gasteiger partial charge in [-0.25, -0.2) is 4.79 Å². The Bertz CT molecular complexity index is 173. The highest BCUT2D eigenvalue weighted by atomic mass is 28.1. The maximum Gasteiger partial charge on any atom is 0.332 e. The third kappa shape index (κ3) is 3.37. The van der Waals surface area contributed by atoms with Crippen LogP contribution in [0.2, 0.25) is 0 Å². The van der Waals surface area contributed by atoms with Crippen molar-refractivity contribution < 1.29 is 9.53 Å². The standard InChI is InChI=1S/C8H16O2Si/c1-4-5-7(11)6(2)8(9)10-3/h4-5H2,1-3,11H3. The Morgan fingerprint density at radius 2 is 2.09 bits per heavy atom. The van der Waals surface area contributed by atoms with Gasteiger partial charge in [-0.05, 0) is 13.3 Å². The van der Waals surface area contributed by atoms with Crippen molar-refractivity contribution in [2.75, 3.05) is 7.11 Å². The first-order valence-corrected chi connectivity index (χ1v) is 4.88. The highest BCUT2D eigenvalue weighted by Gasteiger charge is 2.05. The molecule has 0 saturated carbocycles. The second kappa shape index (κ2) is 5.13. The van der Waals surface area contributed by atoms with Gasteiger partial charge in [0.05, 0.1) is 7.11 Å². The van der Waals surface area contributed by atoms with Crippen LogP contribution in [0.1, 0.15) is 26.7 Å². The summed E-state index contributed by atoms with van der Waals surface area (Å²) in [5.74, 6) is -0.177. The molecule has 0 heterocycles. The molecule has 0 radical (unpaired) electrons. The van der Waals surface area contributed by atoms with Crippen molar-refractivity contribution in [1.82, 2.24) is 0 Å². The Morgan fingerprint density at radius 1 is 1.55 bits per heavy atom. The van der Waals surface area contributed by atoms with Gasteiger partial charge in [0, 0.05) is 15.8 Å². The molecule has 0 aliphatic rings. The number of allylic oxidation sites excluding steroid dienone is 1. The molecule has 0 amide bonds. The number of carbonyl (C=O) groups is 1. The van der Waals surface area contributed by atoms with Crippen LogP contribution in [0.4, 0.5) is 0 Å². The summed E-state index contributed by atoms with van der Waals surface area (Å²) in [4.78, 5) is 11.0. The first-order valence-electron chi connectivity index (χ1n) is 3.88. The van der Waals surface area contributed by atoms with E-state index in [0.717, 1.165) is 28.7 Å². The molecule has 0 fully saturated rings. The number of esters is 1. The Hall–Kier alpha value is -0.573. The molecule has 0 unspecified atom stereocenters. The summed E-state index contributed by atoms with van der Waals surface area (Å²) in [5, 5.41) is 1.26. The largest absolute Gasteiger partial charge is 0.466 e. The fourth-order valence-electron chi connectivity index (χ4n) is 0.890. The van der Waals surface area contributed by atoms with Crippen LogP contribution in [0.25, 0.3) is 0 Å². The second-order valence-electron chi connectivity index (χ2n) is 2.65. The zero-order valence-corrected chi connectivity index (χ0v) is 9.73. The van der Waals surface area contributed by atoms with Crippen LogP contribution in [0.15, 0.2) is 10.8 Å². The van der Waals surface area contributed by atoms with Crippen molar-refractivity contribution in [2.45, 2.75) is 26.7 Å². The van der Waals surface area contributed by atoms with Crippen LogP contribution in [-0.4, -0.2) is 23.3 Å². The third-order valence-electron chi connectivity index (χ3n) is 1.76. The van der Waals surface area contributed by atoms with Crippen LogP contribution in [0, 0.1) is 0 Å². The average Bonchev–Trinajstić information content (AvgIpc) is 2.02. The molecule has 0 atom stereocenters. The molecule has 0 N–H and O–H groups in total. The van der Waals surface area contributed by atoms with E-state index in [9.17, 15) is 4.79 Å². The van der Waals surface area contributed by atoms with E-state index in [1.807, 2.05) is 6.92 Å². The summed E-state index contributed by atoms with van der Waals surface area (Å²) in [6.07, 6.45) is 2.14. The summed E-state index contributed by atoms with van der Waals surface area (Å²) in [7, 11) is 2.39. The Balaban J connectivity index is 4.26. The summed E-state index contributed by atoms with van der Waals surface area (Å²) < 4.78 is 4.60. The van der Waals surface area contributed by atoms with Crippen molar-refractivity contribution in [1.29, 1.82) is 0 Å². The van der Waals surface area contributed by atoms with Gasteiger partial charge in [0.25, 0.3) is 0 Å². The molecule has 0 bridgehead atoms. The number of hydrogen-bond acceptors (Lipinski definition) is 2. The first-order chi connectivity index (χ1) is 5.13. The summed E-state index contributed by atoms with van der Waals surface area (Å²) >= 11 is 0. The topological polar surface area (TPSA) is 26.3 Å². The van der Waals surface area contributed by atoms with Crippen molar-refractivity contribution in [3.8, 4) is 0 Å². The molecule has 0 aromatic rings. The molecule has 11 heavy (non-hydrogen) atoms. The van der Waals surface area contributed by atoms with E-state index in [-0.39, 0.29) is 5.97 Å². The van der Waals surface area contributed by atoms with Gasteiger partial charge in [0.2, 0.25) is 0 Å². The van der Waals surface area contributed by atoms with E-state index in [1.54, 1.807) is 0 Å². The molecule has 3 heteroatoms. The quantitative estimate of drug-likeness (QED) is 0.354.